The topological polar surface area (TPSA) is 75.6 Å². The van der Waals surface area contributed by atoms with E-state index >= 15 is 0 Å². The molecule has 0 heterocycles. The highest BCUT2D eigenvalue weighted by Gasteiger charge is 2.62. The molecular weight excluding hydrogens is 378 g/mol. The Hall–Kier alpha value is -1.10. The number of aliphatic hydroxyl groups excluding tert-OH is 1. The summed E-state index contributed by atoms with van der Waals surface area (Å²) < 4.78 is 4.69. The second-order valence-electron chi connectivity index (χ2n) is 11.5. The third kappa shape index (κ3) is 3.49. The van der Waals surface area contributed by atoms with Gasteiger partial charge in [-0.05, 0) is 91.8 Å². The van der Waals surface area contributed by atoms with Gasteiger partial charge in [0.15, 0.2) is 0 Å². The summed E-state index contributed by atoms with van der Waals surface area (Å²) in [6.07, 6.45) is 8.64. The number of carbonyl (C=O) groups is 2. The number of ketones is 1. The lowest BCUT2D eigenvalue weighted by molar-refractivity contribution is -0.160. The van der Waals surface area contributed by atoms with Gasteiger partial charge in [0.1, 0.15) is 5.78 Å². The van der Waals surface area contributed by atoms with E-state index in [1.807, 2.05) is 0 Å². The van der Waals surface area contributed by atoms with Crippen LogP contribution in [0.4, 0.5) is 4.79 Å². The van der Waals surface area contributed by atoms with E-state index in [1.54, 1.807) is 0 Å². The fourth-order valence-electron chi connectivity index (χ4n) is 8.56. The van der Waals surface area contributed by atoms with Crippen molar-refractivity contribution in [2.75, 3.05) is 13.7 Å². The van der Waals surface area contributed by atoms with Gasteiger partial charge in [-0.25, -0.2) is 4.79 Å². The van der Waals surface area contributed by atoms with Crippen LogP contribution in [0.15, 0.2) is 0 Å². The van der Waals surface area contributed by atoms with Crippen LogP contribution >= 0.6 is 0 Å². The number of aliphatic hydroxyl groups is 1. The van der Waals surface area contributed by atoms with Crippen LogP contribution < -0.4 is 5.32 Å². The fourth-order valence-corrected chi connectivity index (χ4v) is 8.56. The molecule has 0 saturated heterocycles. The van der Waals surface area contributed by atoms with E-state index in [4.69, 9.17) is 4.74 Å². The molecule has 4 fully saturated rings. The maximum absolute atomic E-state index is 13.4. The van der Waals surface area contributed by atoms with Crippen molar-refractivity contribution in [3.05, 3.63) is 0 Å². The summed E-state index contributed by atoms with van der Waals surface area (Å²) in [6, 6.07) is 0. The second kappa shape index (κ2) is 8.11. The summed E-state index contributed by atoms with van der Waals surface area (Å²) >= 11 is 0. The molecule has 4 saturated carbocycles. The molecule has 1 amide bonds. The standard InChI is InChI=1S/C25H41NO4/c1-15(9-12-26-23(29)30-4)18-5-6-19-22-20(8-11-25(18,19)3)24(2)10-7-17(27)13-16(24)14-21(22)28/h15-20,22,27H,5-14H2,1-4H3,(H,26,29)/t15-,16?,17-,18-,19?,20?,22?,24+,25-/m1/s1. The van der Waals surface area contributed by atoms with Crippen molar-refractivity contribution >= 4 is 11.9 Å². The summed E-state index contributed by atoms with van der Waals surface area (Å²) in [5.41, 5.74) is 0.464. The minimum Gasteiger partial charge on any atom is -0.453 e. The van der Waals surface area contributed by atoms with Gasteiger partial charge in [-0.2, -0.15) is 0 Å². The first-order chi connectivity index (χ1) is 14.2. The smallest absolute Gasteiger partial charge is 0.406 e. The molecule has 2 N–H and O–H groups in total. The zero-order valence-electron chi connectivity index (χ0n) is 19.3. The Bertz CT molecular complexity index is 680. The molecule has 5 heteroatoms. The lowest BCUT2D eigenvalue weighted by Crippen LogP contribution is -2.57. The van der Waals surface area contributed by atoms with Crippen molar-refractivity contribution in [3.8, 4) is 0 Å². The highest BCUT2D eigenvalue weighted by atomic mass is 16.5. The predicted molar refractivity (Wildman–Crippen MR) is 116 cm³/mol. The van der Waals surface area contributed by atoms with Gasteiger partial charge in [-0.15, -0.1) is 0 Å². The number of hydrogen-bond donors (Lipinski definition) is 2. The predicted octanol–water partition coefficient (Wildman–Crippen LogP) is 4.57. The monoisotopic (exact) mass is 419 g/mol. The summed E-state index contributed by atoms with van der Waals surface area (Å²) in [5, 5.41) is 13.0. The van der Waals surface area contributed by atoms with E-state index in [0.717, 1.165) is 32.1 Å². The molecule has 0 aromatic heterocycles. The molecule has 0 aromatic carbocycles. The first-order valence-electron chi connectivity index (χ1n) is 12.2. The van der Waals surface area contributed by atoms with Gasteiger partial charge in [-0.3, -0.25) is 4.79 Å². The Kier molecular flexibility index (Phi) is 5.97. The van der Waals surface area contributed by atoms with Crippen molar-refractivity contribution in [2.24, 2.45) is 46.3 Å². The fraction of sp³-hybridized carbons (Fsp3) is 0.920. The van der Waals surface area contributed by atoms with Gasteiger partial charge in [0.2, 0.25) is 0 Å². The molecule has 30 heavy (non-hydrogen) atoms. The van der Waals surface area contributed by atoms with Gasteiger partial charge < -0.3 is 15.2 Å². The van der Waals surface area contributed by atoms with Crippen molar-refractivity contribution < 1.29 is 19.4 Å². The Labute approximate surface area is 181 Å². The van der Waals surface area contributed by atoms with Crippen molar-refractivity contribution in [1.29, 1.82) is 0 Å². The number of alkyl carbamates (subject to hydrolysis) is 1. The zero-order chi connectivity index (χ0) is 21.7. The van der Waals surface area contributed by atoms with Crippen molar-refractivity contribution in [1.82, 2.24) is 5.32 Å². The van der Waals surface area contributed by atoms with Gasteiger partial charge in [0.05, 0.1) is 13.2 Å². The molecular formula is C25H41NO4. The molecule has 4 aliphatic rings. The molecule has 0 spiro atoms. The van der Waals surface area contributed by atoms with Gasteiger partial charge >= 0.3 is 6.09 Å². The van der Waals surface area contributed by atoms with E-state index < -0.39 is 0 Å². The molecule has 9 atom stereocenters. The average Bonchev–Trinajstić information content (AvgIpc) is 3.06. The van der Waals surface area contributed by atoms with Crippen LogP contribution in [-0.4, -0.2) is 36.7 Å². The SMILES string of the molecule is COC(=O)NCC[C@@H](C)[C@H]1CCC2C3C(=O)CC4C[C@H](O)CC[C@]4(C)C3CC[C@@]21C. The molecule has 0 radical (unpaired) electrons. The number of methoxy groups -OCH3 is 1. The van der Waals surface area contributed by atoms with E-state index in [9.17, 15) is 14.7 Å². The molecule has 4 aliphatic carbocycles. The number of Topliss-reactive ketones (excluding diaryl/α,β-unsaturated/α-hetero) is 1. The Morgan fingerprint density at radius 2 is 1.87 bits per heavy atom. The Morgan fingerprint density at radius 1 is 1.17 bits per heavy atom. The highest BCUT2D eigenvalue weighted by molar-refractivity contribution is 5.83. The van der Waals surface area contributed by atoms with Gasteiger partial charge in [0.25, 0.3) is 0 Å². The zero-order valence-corrected chi connectivity index (χ0v) is 19.3. The molecule has 170 valence electrons. The lowest BCUT2D eigenvalue weighted by Gasteiger charge is -2.60. The van der Waals surface area contributed by atoms with Crippen LogP contribution in [-0.2, 0) is 9.53 Å². The largest absolute Gasteiger partial charge is 0.453 e. The molecule has 4 rings (SSSR count). The van der Waals surface area contributed by atoms with Crippen molar-refractivity contribution in [3.63, 3.8) is 0 Å². The number of nitrogens with one attached hydrogen (secondary N) is 1. The number of hydrogen-bond acceptors (Lipinski definition) is 4. The summed E-state index contributed by atoms with van der Waals surface area (Å²) in [7, 11) is 1.40. The number of carbonyl (C=O) groups excluding carboxylic acids is 2. The third-order valence-corrected chi connectivity index (χ3v) is 10.3. The lowest BCUT2D eigenvalue weighted by atomic mass is 9.44. The molecule has 4 unspecified atom stereocenters. The quantitative estimate of drug-likeness (QED) is 0.700. The Balaban J connectivity index is 1.49. The summed E-state index contributed by atoms with van der Waals surface area (Å²) in [6.45, 7) is 7.87. The Morgan fingerprint density at radius 3 is 2.60 bits per heavy atom. The minimum absolute atomic E-state index is 0.211. The second-order valence-corrected chi connectivity index (χ2v) is 11.5. The number of rotatable bonds is 4. The highest BCUT2D eigenvalue weighted by Crippen LogP contribution is 2.67. The normalized spacial score (nSPS) is 46.4. The van der Waals surface area contributed by atoms with Gasteiger partial charge in [-0.1, -0.05) is 20.8 Å². The molecule has 5 nitrogen and oxygen atoms in total. The van der Waals surface area contributed by atoms with E-state index in [1.165, 1.54) is 26.4 Å². The number of ether oxygens (including phenoxy) is 1. The first-order valence-corrected chi connectivity index (χ1v) is 12.2. The molecule has 0 aromatic rings. The van der Waals surface area contributed by atoms with Crippen LogP contribution in [0.25, 0.3) is 0 Å². The van der Waals surface area contributed by atoms with E-state index in [-0.39, 0.29) is 28.9 Å². The summed E-state index contributed by atoms with van der Waals surface area (Å²) in [4.78, 5) is 24.8. The van der Waals surface area contributed by atoms with E-state index in [2.05, 4.69) is 26.1 Å². The summed E-state index contributed by atoms with van der Waals surface area (Å²) in [5.74, 6) is 3.26. The average molecular weight is 420 g/mol. The maximum Gasteiger partial charge on any atom is 0.406 e. The van der Waals surface area contributed by atoms with Crippen LogP contribution in [0.2, 0.25) is 0 Å². The van der Waals surface area contributed by atoms with Crippen LogP contribution in [0.3, 0.4) is 0 Å². The number of fused-ring (bicyclic) bond motifs is 5. The van der Waals surface area contributed by atoms with Crippen molar-refractivity contribution in [2.45, 2.75) is 84.7 Å². The van der Waals surface area contributed by atoms with Crippen LogP contribution in [0, 0.1) is 46.3 Å². The van der Waals surface area contributed by atoms with Crippen LogP contribution in [0.1, 0.15) is 78.6 Å². The number of amides is 1. The molecule has 0 aliphatic heterocycles. The maximum atomic E-state index is 13.4. The van der Waals surface area contributed by atoms with Gasteiger partial charge in [0, 0.05) is 18.9 Å². The first kappa shape index (κ1) is 22.1. The van der Waals surface area contributed by atoms with E-state index in [0.29, 0.717) is 48.3 Å². The minimum atomic E-state index is -0.355. The third-order valence-electron chi connectivity index (χ3n) is 10.3. The molecule has 0 bridgehead atoms. The van der Waals surface area contributed by atoms with Crippen LogP contribution in [0.5, 0.6) is 0 Å².